The number of benzene rings is 3. The Kier molecular flexibility index (Phi) is 5.35. The van der Waals surface area contributed by atoms with Crippen molar-refractivity contribution in [1.82, 2.24) is 9.97 Å². The number of para-hydroxylation sites is 1. The third kappa shape index (κ3) is 3.89. The molecule has 0 bridgehead atoms. The highest BCUT2D eigenvalue weighted by Gasteiger charge is 2.13. The topological polar surface area (TPSA) is 52.1 Å². The molecular weight excluding hydrogens is 368 g/mol. The van der Waals surface area contributed by atoms with E-state index in [1.165, 1.54) is 11.8 Å². The number of hydrogen-bond donors (Lipinski definition) is 0. The normalized spacial score (nSPS) is 10.8. The maximum atomic E-state index is 12.6. The van der Waals surface area contributed by atoms with E-state index in [2.05, 4.69) is 4.98 Å². The van der Waals surface area contributed by atoms with Crippen molar-refractivity contribution in [2.75, 3.05) is 12.9 Å². The molecule has 3 aromatic carbocycles. The maximum absolute atomic E-state index is 12.6. The lowest BCUT2D eigenvalue weighted by Crippen LogP contribution is -2.03. The monoisotopic (exact) mass is 386 g/mol. The van der Waals surface area contributed by atoms with Crippen LogP contribution in [0.4, 0.5) is 0 Å². The number of ether oxygens (including phenoxy) is 1. The zero-order valence-electron chi connectivity index (χ0n) is 15.3. The van der Waals surface area contributed by atoms with Gasteiger partial charge in [0.2, 0.25) is 0 Å². The third-order valence-electron chi connectivity index (χ3n) is 4.35. The van der Waals surface area contributed by atoms with Gasteiger partial charge in [0.25, 0.3) is 0 Å². The molecular formula is C23H18N2O2S. The number of rotatable bonds is 6. The zero-order chi connectivity index (χ0) is 19.3. The molecule has 1 heterocycles. The summed E-state index contributed by atoms with van der Waals surface area (Å²) < 4.78 is 5.15. The number of hydrogen-bond acceptors (Lipinski definition) is 5. The van der Waals surface area contributed by atoms with E-state index in [4.69, 9.17) is 9.72 Å². The van der Waals surface area contributed by atoms with E-state index in [-0.39, 0.29) is 5.78 Å². The van der Waals surface area contributed by atoms with E-state index in [1.807, 2.05) is 54.6 Å². The summed E-state index contributed by atoms with van der Waals surface area (Å²) in [6, 6.07) is 24.9. The molecule has 0 atom stereocenters. The first-order valence-corrected chi connectivity index (χ1v) is 9.85. The maximum Gasteiger partial charge on any atom is 0.173 e. The lowest BCUT2D eigenvalue weighted by atomic mass is 10.1. The van der Waals surface area contributed by atoms with Gasteiger partial charge in [0, 0.05) is 16.5 Å². The molecule has 1 aromatic heterocycles. The van der Waals surface area contributed by atoms with Crippen LogP contribution in [0.2, 0.25) is 0 Å². The van der Waals surface area contributed by atoms with Gasteiger partial charge in [-0.05, 0) is 30.3 Å². The minimum Gasteiger partial charge on any atom is -0.497 e. The Morgan fingerprint density at radius 3 is 2.36 bits per heavy atom. The molecule has 0 fully saturated rings. The second-order valence-electron chi connectivity index (χ2n) is 6.18. The first-order chi connectivity index (χ1) is 13.7. The molecule has 4 rings (SSSR count). The van der Waals surface area contributed by atoms with Gasteiger partial charge in [-0.25, -0.2) is 9.97 Å². The van der Waals surface area contributed by atoms with Crippen molar-refractivity contribution in [3.8, 4) is 17.1 Å². The van der Waals surface area contributed by atoms with E-state index in [0.717, 1.165) is 27.2 Å². The van der Waals surface area contributed by atoms with E-state index in [0.29, 0.717) is 17.1 Å². The van der Waals surface area contributed by atoms with Crippen LogP contribution in [0, 0.1) is 0 Å². The summed E-state index contributed by atoms with van der Waals surface area (Å²) in [5, 5.41) is 1.76. The van der Waals surface area contributed by atoms with Crippen molar-refractivity contribution in [2.24, 2.45) is 0 Å². The first kappa shape index (κ1) is 18.2. The summed E-state index contributed by atoms with van der Waals surface area (Å²) in [4.78, 5) is 22.0. The molecule has 0 amide bonds. The molecule has 0 aliphatic heterocycles. The number of fused-ring (bicyclic) bond motifs is 1. The molecule has 0 N–H and O–H groups in total. The van der Waals surface area contributed by atoms with E-state index >= 15 is 0 Å². The number of Topliss-reactive ketones (excluding diaryl/α,β-unsaturated/α-hetero) is 1. The van der Waals surface area contributed by atoms with Gasteiger partial charge in [0.1, 0.15) is 10.8 Å². The summed E-state index contributed by atoms with van der Waals surface area (Å²) in [7, 11) is 1.61. The molecule has 0 radical (unpaired) electrons. The van der Waals surface area contributed by atoms with Crippen molar-refractivity contribution in [3.63, 3.8) is 0 Å². The molecule has 0 spiro atoms. The van der Waals surface area contributed by atoms with Crippen LogP contribution < -0.4 is 4.74 Å². The molecule has 0 unspecified atom stereocenters. The summed E-state index contributed by atoms with van der Waals surface area (Å²) in [5.74, 6) is 1.76. The molecule has 0 saturated carbocycles. The third-order valence-corrected chi connectivity index (χ3v) is 5.34. The number of methoxy groups -OCH3 is 1. The Morgan fingerprint density at radius 2 is 1.61 bits per heavy atom. The molecule has 0 saturated heterocycles. The summed E-state index contributed by atoms with van der Waals surface area (Å²) in [6.07, 6.45) is 0. The second-order valence-corrected chi connectivity index (χ2v) is 7.14. The molecule has 138 valence electrons. The smallest absolute Gasteiger partial charge is 0.173 e. The van der Waals surface area contributed by atoms with E-state index < -0.39 is 0 Å². The van der Waals surface area contributed by atoms with Gasteiger partial charge < -0.3 is 4.74 Å². The number of aromatic nitrogens is 2. The van der Waals surface area contributed by atoms with Gasteiger partial charge >= 0.3 is 0 Å². The highest BCUT2D eigenvalue weighted by molar-refractivity contribution is 8.00. The molecule has 28 heavy (non-hydrogen) atoms. The van der Waals surface area contributed by atoms with Crippen LogP contribution in [0.15, 0.2) is 83.9 Å². The molecule has 4 aromatic rings. The minimum atomic E-state index is 0.0524. The number of carbonyl (C=O) groups excluding carboxylic acids is 1. The molecule has 4 nitrogen and oxygen atoms in total. The number of ketones is 1. The highest BCUT2D eigenvalue weighted by Crippen LogP contribution is 2.29. The van der Waals surface area contributed by atoms with Crippen LogP contribution in [0.5, 0.6) is 5.75 Å². The SMILES string of the molecule is COc1ccc(C(=O)CSc2nc(-c3ccccc3)nc3ccccc23)cc1. The number of nitrogens with zero attached hydrogens (tertiary/aromatic N) is 2. The van der Waals surface area contributed by atoms with Gasteiger partial charge in [0.15, 0.2) is 11.6 Å². The van der Waals surface area contributed by atoms with Crippen LogP contribution in [0.3, 0.4) is 0 Å². The average molecular weight is 386 g/mol. The van der Waals surface area contributed by atoms with Crippen molar-refractivity contribution >= 4 is 28.4 Å². The number of carbonyl (C=O) groups is 1. The Morgan fingerprint density at radius 1 is 0.893 bits per heavy atom. The molecule has 0 aliphatic carbocycles. The van der Waals surface area contributed by atoms with E-state index in [1.54, 1.807) is 31.4 Å². The predicted octanol–water partition coefficient (Wildman–Crippen LogP) is 5.28. The van der Waals surface area contributed by atoms with Gasteiger partial charge in [-0.2, -0.15) is 0 Å². The van der Waals surface area contributed by atoms with Crippen molar-refractivity contribution in [1.29, 1.82) is 0 Å². The number of thioether (sulfide) groups is 1. The fourth-order valence-corrected chi connectivity index (χ4v) is 3.78. The Labute approximate surface area is 167 Å². The van der Waals surface area contributed by atoms with Gasteiger partial charge in [-0.3, -0.25) is 4.79 Å². The largest absolute Gasteiger partial charge is 0.497 e. The first-order valence-electron chi connectivity index (χ1n) is 8.87. The zero-order valence-corrected chi connectivity index (χ0v) is 16.1. The Hall–Kier alpha value is -3.18. The summed E-state index contributed by atoms with van der Waals surface area (Å²) >= 11 is 1.44. The lowest BCUT2D eigenvalue weighted by molar-refractivity contribution is 0.102. The summed E-state index contributed by atoms with van der Waals surface area (Å²) in [5.41, 5.74) is 2.49. The van der Waals surface area contributed by atoms with Crippen molar-refractivity contribution in [3.05, 3.63) is 84.4 Å². The van der Waals surface area contributed by atoms with Crippen LogP contribution in [-0.2, 0) is 0 Å². The fraction of sp³-hybridized carbons (Fsp3) is 0.0870. The molecule has 0 aliphatic rings. The quantitative estimate of drug-likeness (QED) is 0.256. The van der Waals surface area contributed by atoms with E-state index in [9.17, 15) is 4.79 Å². The van der Waals surface area contributed by atoms with Crippen molar-refractivity contribution < 1.29 is 9.53 Å². The van der Waals surface area contributed by atoms with Crippen LogP contribution in [0.25, 0.3) is 22.3 Å². The standard InChI is InChI=1S/C23H18N2O2S/c1-27-18-13-11-16(12-14-18)21(26)15-28-23-19-9-5-6-10-20(19)24-22(25-23)17-7-3-2-4-8-17/h2-14H,15H2,1H3. The molecule has 5 heteroatoms. The van der Waals surface area contributed by atoms with Crippen LogP contribution in [-0.4, -0.2) is 28.6 Å². The minimum absolute atomic E-state index is 0.0524. The summed E-state index contributed by atoms with van der Waals surface area (Å²) in [6.45, 7) is 0. The fourth-order valence-electron chi connectivity index (χ4n) is 2.87. The highest BCUT2D eigenvalue weighted by atomic mass is 32.2. The van der Waals surface area contributed by atoms with Gasteiger partial charge in [-0.15, -0.1) is 0 Å². The second kappa shape index (κ2) is 8.23. The van der Waals surface area contributed by atoms with Gasteiger partial charge in [-0.1, -0.05) is 60.3 Å². The Balaban J connectivity index is 1.62. The van der Waals surface area contributed by atoms with Gasteiger partial charge in [0.05, 0.1) is 18.4 Å². The predicted molar refractivity (Wildman–Crippen MR) is 113 cm³/mol. The lowest BCUT2D eigenvalue weighted by Gasteiger charge is -2.08. The van der Waals surface area contributed by atoms with Crippen LogP contribution >= 0.6 is 11.8 Å². The Bertz CT molecular complexity index is 1110. The average Bonchev–Trinajstić information content (AvgIpc) is 2.77. The van der Waals surface area contributed by atoms with Crippen molar-refractivity contribution in [2.45, 2.75) is 5.03 Å². The van der Waals surface area contributed by atoms with Crippen LogP contribution in [0.1, 0.15) is 10.4 Å².